The van der Waals surface area contributed by atoms with E-state index in [0.29, 0.717) is 23.5 Å². The molecule has 0 amide bonds. The molecule has 0 aliphatic heterocycles. The smallest absolute Gasteiger partial charge is 0.195 e. The Hall–Kier alpha value is -2.23. The summed E-state index contributed by atoms with van der Waals surface area (Å²) in [6.45, 7) is 4.12. The van der Waals surface area contributed by atoms with E-state index in [1.54, 1.807) is 25.3 Å². The van der Waals surface area contributed by atoms with Gasteiger partial charge in [-0.3, -0.25) is 9.78 Å². The minimum Gasteiger partial charge on any atom is -0.492 e. The average molecular weight is 259 g/mol. The second-order valence-electron chi connectivity index (χ2n) is 4.13. The summed E-state index contributed by atoms with van der Waals surface area (Å²) >= 11 is 0. The van der Waals surface area contributed by atoms with E-state index < -0.39 is 5.82 Å². The molecule has 19 heavy (non-hydrogen) atoms. The first kappa shape index (κ1) is 13.2. The first-order chi connectivity index (χ1) is 9.11. The average Bonchev–Trinajstić information content (AvgIpc) is 2.41. The molecule has 0 N–H and O–H groups in total. The number of pyridine rings is 1. The molecule has 1 aromatic heterocycles. The van der Waals surface area contributed by atoms with Crippen molar-refractivity contribution in [3.8, 4) is 5.75 Å². The highest BCUT2D eigenvalue weighted by atomic mass is 19.1. The molecule has 3 nitrogen and oxygen atoms in total. The first-order valence-electron chi connectivity index (χ1n) is 6.00. The summed E-state index contributed by atoms with van der Waals surface area (Å²) in [7, 11) is 0. The van der Waals surface area contributed by atoms with Gasteiger partial charge in [-0.05, 0) is 37.6 Å². The van der Waals surface area contributed by atoms with E-state index >= 15 is 0 Å². The van der Waals surface area contributed by atoms with Crippen molar-refractivity contribution in [2.24, 2.45) is 0 Å². The van der Waals surface area contributed by atoms with Crippen LogP contribution in [0.2, 0.25) is 0 Å². The molecule has 0 unspecified atom stereocenters. The molecule has 4 heteroatoms. The standard InChI is InChI=1S/C15H14FNO2/c1-3-19-13-6-11(8-17-9-13)15(18)14-7-12(16)5-4-10(14)2/h4-9H,3H2,1-2H3. The highest BCUT2D eigenvalue weighted by molar-refractivity contribution is 6.09. The van der Waals surface area contributed by atoms with E-state index in [1.807, 2.05) is 6.92 Å². The van der Waals surface area contributed by atoms with Crippen molar-refractivity contribution < 1.29 is 13.9 Å². The van der Waals surface area contributed by atoms with Gasteiger partial charge in [-0.15, -0.1) is 0 Å². The van der Waals surface area contributed by atoms with Crippen LogP contribution in [-0.2, 0) is 0 Å². The Morgan fingerprint density at radius 1 is 1.32 bits per heavy atom. The SMILES string of the molecule is CCOc1cncc(C(=O)c2cc(F)ccc2C)c1. The van der Waals surface area contributed by atoms with Gasteiger partial charge in [0.25, 0.3) is 0 Å². The number of carbonyl (C=O) groups excluding carboxylic acids is 1. The predicted octanol–water partition coefficient (Wildman–Crippen LogP) is 3.16. The van der Waals surface area contributed by atoms with Gasteiger partial charge in [0.05, 0.1) is 12.8 Å². The van der Waals surface area contributed by atoms with Crippen LogP contribution < -0.4 is 4.74 Å². The van der Waals surface area contributed by atoms with Crippen LogP contribution in [0.25, 0.3) is 0 Å². The van der Waals surface area contributed by atoms with Crippen LogP contribution in [-0.4, -0.2) is 17.4 Å². The maximum atomic E-state index is 13.2. The van der Waals surface area contributed by atoms with Crippen LogP contribution in [0.15, 0.2) is 36.7 Å². The zero-order valence-electron chi connectivity index (χ0n) is 10.8. The number of hydrogen-bond donors (Lipinski definition) is 0. The Bertz CT molecular complexity index is 611. The van der Waals surface area contributed by atoms with E-state index in [4.69, 9.17) is 4.74 Å². The third-order valence-corrected chi connectivity index (χ3v) is 2.73. The van der Waals surface area contributed by atoms with Crippen molar-refractivity contribution >= 4 is 5.78 Å². The van der Waals surface area contributed by atoms with Crippen LogP contribution in [0.3, 0.4) is 0 Å². The van der Waals surface area contributed by atoms with E-state index in [0.717, 1.165) is 5.56 Å². The normalized spacial score (nSPS) is 10.3. The fourth-order valence-corrected chi connectivity index (χ4v) is 1.78. The zero-order valence-corrected chi connectivity index (χ0v) is 10.8. The Labute approximate surface area is 111 Å². The summed E-state index contributed by atoms with van der Waals surface area (Å²) in [4.78, 5) is 16.3. The number of benzene rings is 1. The molecule has 1 heterocycles. The molecular weight excluding hydrogens is 245 g/mol. The lowest BCUT2D eigenvalue weighted by molar-refractivity contribution is 0.103. The van der Waals surface area contributed by atoms with Gasteiger partial charge in [-0.25, -0.2) is 4.39 Å². The second kappa shape index (κ2) is 5.61. The van der Waals surface area contributed by atoms with Crippen molar-refractivity contribution in [1.82, 2.24) is 4.98 Å². The summed E-state index contributed by atoms with van der Waals surface area (Å²) in [5.41, 5.74) is 1.46. The molecule has 0 saturated heterocycles. The number of ether oxygens (including phenoxy) is 1. The van der Waals surface area contributed by atoms with Gasteiger partial charge in [0.15, 0.2) is 5.78 Å². The molecule has 2 rings (SSSR count). The van der Waals surface area contributed by atoms with Gasteiger partial charge >= 0.3 is 0 Å². The lowest BCUT2D eigenvalue weighted by Crippen LogP contribution is -2.05. The highest BCUT2D eigenvalue weighted by Gasteiger charge is 2.13. The molecular formula is C15H14FNO2. The van der Waals surface area contributed by atoms with E-state index in [2.05, 4.69) is 4.98 Å². The Morgan fingerprint density at radius 3 is 2.84 bits per heavy atom. The number of halogens is 1. The van der Waals surface area contributed by atoms with Crippen LogP contribution in [0.1, 0.15) is 28.4 Å². The van der Waals surface area contributed by atoms with Gasteiger partial charge in [-0.1, -0.05) is 6.07 Å². The predicted molar refractivity (Wildman–Crippen MR) is 70.0 cm³/mol. The van der Waals surface area contributed by atoms with Crippen LogP contribution in [0, 0.1) is 12.7 Å². The molecule has 0 fully saturated rings. The largest absolute Gasteiger partial charge is 0.492 e. The quantitative estimate of drug-likeness (QED) is 0.792. The third kappa shape index (κ3) is 2.96. The summed E-state index contributed by atoms with van der Waals surface area (Å²) in [5, 5.41) is 0. The Balaban J connectivity index is 2.38. The topological polar surface area (TPSA) is 39.2 Å². The zero-order chi connectivity index (χ0) is 13.8. The minimum atomic E-state index is -0.428. The summed E-state index contributed by atoms with van der Waals surface area (Å²) < 4.78 is 18.5. The van der Waals surface area contributed by atoms with E-state index in [-0.39, 0.29) is 5.78 Å². The van der Waals surface area contributed by atoms with E-state index in [9.17, 15) is 9.18 Å². The third-order valence-electron chi connectivity index (χ3n) is 2.73. The van der Waals surface area contributed by atoms with Crippen LogP contribution in [0.5, 0.6) is 5.75 Å². The maximum Gasteiger partial charge on any atom is 0.195 e. The molecule has 0 spiro atoms. The minimum absolute atomic E-state index is 0.258. The fourth-order valence-electron chi connectivity index (χ4n) is 1.78. The number of hydrogen-bond acceptors (Lipinski definition) is 3. The molecule has 2 aromatic rings. The van der Waals surface area contributed by atoms with Crippen LogP contribution >= 0.6 is 0 Å². The van der Waals surface area contributed by atoms with Crippen molar-refractivity contribution in [3.63, 3.8) is 0 Å². The molecule has 1 aromatic carbocycles. The number of carbonyl (C=O) groups is 1. The van der Waals surface area contributed by atoms with Crippen molar-refractivity contribution in [2.75, 3.05) is 6.61 Å². The molecule has 98 valence electrons. The van der Waals surface area contributed by atoms with Crippen molar-refractivity contribution in [2.45, 2.75) is 13.8 Å². The molecule has 0 radical (unpaired) electrons. The number of rotatable bonds is 4. The number of ketones is 1. The first-order valence-corrected chi connectivity index (χ1v) is 6.00. The number of aryl methyl sites for hydroxylation is 1. The Morgan fingerprint density at radius 2 is 2.11 bits per heavy atom. The highest BCUT2D eigenvalue weighted by Crippen LogP contribution is 2.18. The van der Waals surface area contributed by atoms with Crippen LogP contribution in [0.4, 0.5) is 4.39 Å². The molecule has 0 bridgehead atoms. The van der Waals surface area contributed by atoms with Crippen molar-refractivity contribution in [1.29, 1.82) is 0 Å². The summed E-state index contributed by atoms with van der Waals surface area (Å²) in [6, 6.07) is 5.78. The number of nitrogens with zero attached hydrogens (tertiary/aromatic N) is 1. The second-order valence-corrected chi connectivity index (χ2v) is 4.13. The van der Waals surface area contributed by atoms with Crippen molar-refractivity contribution in [3.05, 3.63) is 59.2 Å². The molecule has 0 saturated carbocycles. The lowest BCUT2D eigenvalue weighted by atomic mass is 10.00. The monoisotopic (exact) mass is 259 g/mol. The van der Waals surface area contributed by atoms with E-state index in [1.165, 1.54) is 18.3 Å². The molecule has 0 aliphatic rings. The Kier molecular flexibility index (Phi) is 3.90. The summed E-state index contributed by atoms with van der Waals surface area (Å²) in [5.74, 6) is -0.156. The van der Waals surface area contributed by atoms with Gasteiger partial charge in [0, 0.05) is 17.3 Å². The van der Waals surface area contributed by atoms with Gasteiger partial charge < -0.3 is 4.74 Å². The number of aromatic nitrogens is 1. The molecule has 0 aliphatic carbocycles. The fraction of sp³-hybridized carbons (Fsp3) is 0.200. The van der Waals surface area contributed by atoms with Gasteiger partial charge in [0.1, 0.15) is 11.6 Å². The van der Waals surface area contributed by atoms with Gasteiger partial charge in [-0.2, -0.15) is 0 Å². The summed E-state index contributed by atoms with van der Waals surface area (Å²) in [6.07, 6.45) is 2.99. The lowest BCUT2D eigenvalue weighted by Gasteiger charge is -2.07. The van der Waals surface area contributed by atoms with Gasteiger partial charge in [0.2, 0.25) is 0 Å². The molecule has 0 atom stereocenters. The maximum absolute atomic E-state index is 13.2.